The third kappa shape index (κ3) is 5.70. The molecule has 1 radical (unpaired) electrons. The summed E-state index contributed by atoms with van der Waals surface area (Å²) in [4.78, 5) is 0. The van der Waals surface area contributed by atoms with Gasteiger partial charge in [0.05, 0.1) is 0 Å². The molecule has 0 bridgehead atoms. The van der Waals surface area contributed by atoms with E-state index in [4.69, 9.17) is 5.73 Å². The summed E-state index contributed by atoms with van der Waals surface area (Å²) in [5, 5.41) is 0. The number of rotatable bonds is 4. The molecule has 0 amide bonds. The minimum absolute atomic E-state index is 0.434. The average Bonchev–Trinajstić information content (AvgIpc) is 1.81. The van der Waals surface area contributed by atoms with Crippen LogP contribution in [0.2, 0.25) is 0 Å². The second-order valence-electron chi connectivity index (χ2n) is 1.82. The second-order valence-corrected chi connectivity index (χ2v) is 1.82. The highest BCUT2D eigenvalue weighted by molar-refractivity contribution is 4.81. The van der Waals surface area contributed by atoms with Gasteiger partial charge in [-0.15, -0.1) is 0 Å². The quantitative estimate of drug-likeness (QED) is 0.392. The van der Waals surface area contributed by atoms with Gasteiger partial charge in [-0.1, -0.05) is 31.9 Å². The molecule has 47 valence electrons. The maximum absolute atomic E-state index is 6.75. The number of hydrogen-bond acceptors (Lipinski definition) is 0. The van der Waals surface area contributed by atoms with Crippen molar-refractivity contribution in [1.29, 1.82) is 0 Å². The first kappa shape index (κ1) is 7.70. The molecular weight excluding hydrogens is 98.1 g/mol. The van der Waals surface area contributed by atoms with Gasteiger partial charge in [-0.25, -0.2) is 0 Å². The van der Waals surface area contributed by atoms with Crippen LogP contribution >= 0.6 is 0 Å². The first-order valence-corrected chi connectivity index (χ1v) is 3.21. The van der Waals surface area contributed by atoms with E-state index in [-0.39, 0.29) is 0 Å². The van der Waals surface area contributed by atoms with Crippen molar-refractivity contribution in [3.05, 3.63) is 12.2 Å². The van der Waals surface area contributed by atoms with E-state index in [9.17, 15) is 0 Å². The molecule has 0 saturated carbocycles. The highest BCUT2D eigenvalue weighted by atomic mass is 14.5. The summed E-state index contributed by atoms with van der Waals surface area (Å²) in [6.07, 6.45) is 7.64. The first-order chi connectivity index (χ1) is 3.91. The highest BCUT2D eigenvalue weighted by Gasteiger charge is 1.74. The topological polar surface area (TPSA) is 23.8 Å². The van der Waals surface area contributed by atoms with Gasteiger partial charge in [0.2, 0.25) is 0 Å². The molecule has 1 heteroatoms. The lowest BCUT2D eigenvalue weighted by atomic mass is 10.2. The van der Waals surface area contributed by atoms with Gasteiger partial charge in [-0.05, 0) is 6.42 Å². The molecule has 0 saturated heterocycles. The molecule has 0 heterocycles. The Balaban J connectivity index is 2.80. The van der Waals surface area contributed by atoms with Gasteiger partial charge in [0.1, 0.15) is 0 Å². The minimum Gasteiger partial charge on any atom is -0.254 e. The predicted octanol–water partition coefficient (Wildman–Crippen LogP) is 2.02. The summed E-state index contributed by atoms with van der Waals surface area (Å²) in [6, 6.07) is 0. The Morgan fingerprint density at radius 2 is 2.12 bits per heavy atom. The van der Waals surface area contributed by atoms with Gasteiger partial charge in [0.15, 0.2) is 0 Å². The van der Waals surface area contributed by atoms with Gasteiger partial charge in [-0.2, -0.15) is 0 Å². The van der Waals surface area contributed by atoms with E-state index in [0.717, 1.165) is 6.42 Å². The van der Waals surface area contributed by atoms with Crippen molar-refractivity contribution in [1.82, 2.24) is 5.73 Å². The van der Waals surface area contributed by atoms with E-state index in [0.29, 0.717) is 6.54 Å². The smallest absolute Gasteiger partial charge is 0.0281 e. The van der Waals surface area contributed by atoms with E-state index >= 15 is 0 Å². The molecule has 0 rings (SSSR count). The van der Waals surface area contributed by atoms with Gasteiger partial charge in [0.25, 0.3) is 0 Å². The average molecular weight is 112 g/mol. The number of hydrogen-bond donors (Lipinski definition) is 0. The van der Waals surface area contributed by atoms with Crippen molar-refractivity contribution >= 4 is 0 Å². The molecule has 1 N–H and O–H groups in total. The van der Waals surface area contributed by atoms with Crippen molar-refractivity contribution in [3.8, 4) is 0 Å². The van der Waals surface area contributed by atoms with E-state index < -0.39 is 0 Å². The third-order valence-electron chi connectivity index (χ3n) is 1.01. The van der Waals surface area contributed by atoms with Crippen molar-refractivity contribution < 1.29 is 0 Å². The van der Waals surface area contributed by atoms with Crippen LogP contribution in [0.3, 0.4) is 0 Å². The van der Waals surface area contributed by atoms with Crippen molar-refractivity contribution in [3.63, 3.8) is 0 Å². The Labute approximate surface area is 51.6 Å². The summed E-state index contributed by atoms with van der Waals surface area (Å²) < 4.78 is 0. The predicted molar refractivity (Wildman–Crippen MR) is 36.6 cm³/mol. The Hall–Kier alpha value is -0.300. The minimum atomic E-state index is 0.434. The Morgan fingerprint density at radius 1 is 1.38 bits per heavy atom. The van der Waals surface area contributed by atoms with Gasteiger partial charge < -0.3 is 0 Å². The van der Waals surface area contributed by atoms with Gasteiger partial charge in [0, 0.05) is 6.54 Å². The third-order valence-corrected chi connectivity index (χ3v) is 1.01. The first-order valence-electron chi connectivity index (χ1n) is 3.21. The summed E-state index contributed by atoms with van der Waals surface area (Å²) in [5.74, 6) is 0. The lowest BCUT2D eigenvalue weighted by Crippen LogP contribution is -1.74. The van der Waals surface area contributed by atoms with E-state index in [2.05, 4.69) is 13.0 Å². The zero-order valence-corrected chi connectivity index (χ0v) is 5.48. The summed E-state index contributed by atoms with van der Waals surface area (Å²) >= 11 is 0. The van der Waals surface area contributed by atoms with Gasteiger partial charge in [-0.3, -0.25) is 5.73 Å². The van der Waals surface area contributed by atoms with E-state index in [1.54, 1.807) is 0 Å². The normalized spacial score (nSPS) is 10.8. The van der Waals surface area contributed by atoms with Gasteiger partial charge >= 0.3 is 0 Å². The Bertz CT molecular complexity index is 57.4. The lowest BCUT2D eigenvalue weighted by molar-refractivity contribution is 0.813. The molecule has 0 atom stereocenters. The summed E-state index contributed by atoms with van der Waals surface area (Å²) in [6.45, 7) is 2.61. The van der Waals surface area contributed by atoms with E-state index in [1.807, 2.05) is 6.08 Å². The van der Waals surface area contributed by atoms with Crippen LogP contribution in [0.15, 0.2) is 12.2 Å². The van der Waals surface area contributed by atoms with Crippen LogP contribution in [0.5, 0.6) is 0 Å². The monoisotopic (exact) mass is 112 g/mol. The Morgan fingerprint density at radius 3 is 2.62 bits per heavy atom. The molecule has 0 aliphatic carbocycles. The van der Waals surface area contributed by atoms with Crippen LogP contribution in [0.1, 0.15) is 26.2 Å². The summed E-state index contributed by atoms with van der Waals surface area (Å²) in [5.41, 5.74) is 6.75. The van der Waals surface area contributed by atoms with Crippen LogP contribution in [-0.4, -0.2) is 6.54 Å². The molecule has 0 spiro atoms. The second kappa shape index (κ2) is 6.70. The Kier molecular flexibility index (Phi) is 6.45. The van der Waals surface area contributed by atoms with Crippen molar-refractivity contribution in [2.45, 2.75) is 26.2 Å². The molecule has 0 fully saturated rings. The molecule has 0 unspecified atom stereocenters. The maximum atomic E-state index is 6.75. The molecule has 8 heavy (non-hydrogen) atoms. The van der Waals surface area contributed by atoms with Crippen molar-refractivity contribution in [2.24, 2.45) is 0 Å². The molecule has 0 aliphatic rings. The lowest BCUT2D eigenvalue weighted by Gasteiger charge is -1.85. The van der Waals surface area contributed by atoms with Crippen LogP contribution in [0, 0.1) is 0 Å². The fraction of sp³-hybridized carbons (Fsp3) is 0.714. The molecule has 0 aromatic rings. The van der Waals surface area contributed by atoms with Crippen LogP contribution in [-0.2, 0) is 0 Å². The SMILES string of the molecule is CCCC/C=C/C[NH]. The maximum Gasteiger partial charge on any atom is 0.0281 e. The molecule has 0 aromatic heterocycles. The number of unbranched alkanes of at least 4 members (excludes halogenated alkanes) is 2. The van der Waals surface area contributed by atoms with Crippen molar-refractivity contribution in [2.75, 3.05) is 6.54 Å². The zero-order valence-electron chi connectivity index (χ0n) is 5.48. The van der Waals surface area contributed by atoms with Crippen LogP contribution in [0.4, 0.5) is 0 Å². The zero-order chi connectivity index (χ0) is 6.24. The highest BCUT2D eigenvalue weighted by Crippen LogP contribution is 1.93. The van der Waals surface area contributed by atoms with E-state index in [1.165, 1.54) is 12.8 Å². The number of nitrogens with one attached hydrogen (secondary N) is 1. The largest absolute Gasteiger partial charge is 0.254 e. The molecule has 0 aliphatic heterocycles. The summed E-state index contributed by atoms with van der Waals surface area (Å²) in [7, 11) is 0. The standard InChI is InChI=1S/C7H14N/c1-2-3-4-5-6-7-8/h5-6,8H,2-4,7H2,1H3/b6-5+. The fourth-order valence-corrected chi connectivity index (χ4v) is 0.523. The molecular formula is C7H14N. The fourth-order valence-electron chi connectivity index (χ4n) is 0.523. The van der Waals surface area contributed by atoms with Crippen LogP contribution < -0.4 is 5.73 Å². The van der Waals surface area contributed by atoms with Crippen LogP contribution in [0.25, 0.3) is 0 Å². The molecule has 1 nitrogen and oxygen atoms in total. The number of allylic oxidation sites excluding steroid dienone is 1. The molecule has 0 aromatic carbocycles.